The van der Waals surface area contributed by atoms with Crippen LogP contribution in [0.15, 0.2) is 0 Å². The molecule has 3 amide bonds. The molecule has 0 rings (SSSR count). The Kier molecular flexibility index (Phi) is 7.74. The molecule has 0 radical (unpaired) electrons. The molecule has 0 saturated carbocycles. The van der Waals surface area contributed by atoms with Crippen LogP contribution in [-0.2, 0) is 9.59 Å². The standard InChI is InChI=1S/C12H23N3O4/c1-5-9(4)15(7-11(17)18)6-10(16)14-12(19)13-8(2)3/h8-9H,5-7H2,1-4H3,(H,17,18)(H2,13,14,16,19). The fourth-order valence-corrected chi connectivity index (χ4v) is 1.45. The van der Waals surface area contributed by atoms with Gasteiger partial charge in [0.25, 0.3) is 0 Å². The van der Waals surface area contributed by atoms with Gasteiger partial charge in [0, 0.05) is 12.1 Å². The molecule has 0 heterocycles. The zero-order chi connectivity index (χ0) is 15.0. The number of carboxylic acids is 1. The number of imide groups is 1. The molecule has 0 aromatic carbocycles. The van der Waals surface area contributed by atoms with Crippen LogP contribution in [0.2, 0.25) is 0 Å². The smallest absolute Gasteiger partial charge is 0.321 e. The van der Waals surface area contributed by atoms with E-state index in [0.717, 1.165) is 6.42 Å². The predicted octanol–water partition coefficient (Wildman–Crippen LogP) is 0.406. The van der Waals surface area contributed by atoms with Crippen LogP contribution in [0.5, 0.6) is 0 Å². The van der Waals surface area contributed by atoms with E-state index in [1.54, 1.807) is 13.8 Å². The van der Waals surface area contributed by atoms with Gasteiger partial charge in [-0.05, 0) is 27.2 Å². The molecule has 110 valence electrons. The molecule has 0 aliphatic rings. The molecular formula is C12H23N3O4. The maximum absolute atomic E-state index is 11.6. The van der Waals surface area contributed by atoms with Gasteiger partial charge in [0.1, 0.15) is 0 Å². The van der Waals surface area contributed by atoms with Crippen LogP contribution in [-0.4, -0.2) is 53.1 Å². The van der Waals surface area contributed by atoms with Gasteiger partial charge in [0.15, 0.2) is 0 Å². The quantitative estimate of drug-likeness (QED) is 0.624. The maximum Gasteiger partial charge on any atom is 0.321 e. The first-order valence-corrected chi connectivity index (χ1v) is 6.32. The highest BCUT2D eigenvalue weighted by molar-refractivity contribution is 5.95. The number of amides is 3. The number of nitrogens with one attached hydrogen (secondary N) is 2. The van der Waals surface area contributed by atoms with Crippen molar-refractivity contribution in [2.75, 3.05) is 13.1 Å². The van der Waals surface area contributed by atoms with E-state index in [1.807, 2.05) is 13.8 Å². The Balaban J connectivity index is 4.38. The van der Waals surface area contributed by atoms with E-state index >= 15 is 0 Å². The Morgan fingerprint density at radius 3 is 2.16 bits per heavy atom. The van der Waals surface area contributed by atoms with E-state index in [2.05, 4.69) is 10.6 Å². The zero-order valence-corrected chi connectivity index (χ0v) is 11.9. The number of urea groups is 1. The number of carboxylic acid groups (broad SMARTS) is 1. The van der Waals surface area contributed by atoms with Crippen molar-refractivity contribution in [2.24, 2.45) is 0 Å². The van der Waals surface area contributed by atoms with Gasteiger partial charge >= 0.3 is 12.0 Å². The summed E-state index contributed by atoms with van der Waals surface area (Å²) in [4.78, 5) is 35.2. The second-order valence-electron chi connectivity index (χ2n) is 4.73. The highest BCUT2D eigenvalue weighted by Crippen LogP contribution is 2.02. The van der Waals surface area contributed by atoms with Crippen LogP contribution in [0.4, 0.5) is 4.79 Å². The van der Waals surface area contributed by atoms with Gasteiger partial charge in [0.05, 0.1) is 13.1 Å². The van der Waals surface area contributed by atoms with Gasteiger partial charge in [-0.2, -0.15) is 0 Å². The van der Waals surface area contributed by atoms with Gasteiger partial charge < -0.3 is 10.4 Å². The minimum absolute atomic E-state index is 0.0463. The van der Waals surface area contributed by atoms with Crippen LogP contribution in [0.25, 0.3) is 0 Å². The van der Waals surface area contributed by atoms with E-state index in [1.165, 1.54) is 4.90 Å². The Bertz CT molecular complexity index is 331. The van der Waals surface area contributed by atoms with Gasteiger partial charge in [0.2, 0.25) is 5.91 Å². The van der Waals surface area contributed by atoms with Crippen LogP contribution in [0.3, 0.4) is 0 Å². The summed E-state index contributed by atoms with van der Waals surface area (Å²) in [6.45, 7) is 6.95. The van der Waals surface area contributed by atoms with Crippen molar-refractivity contribution in [1.29, 1.82) is 0 Å². The van der Waals surface area contributed by atoms with E-state index in [-0.39, 0.29) is 25.2 Å². The second kappa shape index (κ2) is 8.47. The Labute approximate surface area is 113 Å². The maximum atomic E-state index is 11.6. The molecule has 1 atom stereocenters. The summed E-state index contributed by atoms with van der Waals surface area (Å²) in [7, 11) is 0. The Morgan fingerprint density at radius 2 is 1.74 bits per heavy atom. The molecule has 0 saturated heterocycles. The van der Waals surface area contributed by atoms with Crippen LogP contribution in [0, 0.1) is 0 Å². The summed E-state index contributed by atoms with van der Waals surface area (Å²) < 4.78 is 0. The minimum atomic E-state index is -1.00. The van der Waals surface area contributed by atoms with Crippen molar-refractivity contribution < 1.29 is 19.5 Å². The first kappa shape index (κ1) is 17.4. The third-order valence-corrected chi connectivity index (χ3v) is 2.57. The predicted molar refractivity (Wildman–Crippen MR) is 70.8 cm³/mol. The molecule has 0 aliphatic heterocycles. The molecule has 0 fully saturated rings. The first-order chi connectivity index (χ1) is 8.76. The highest BCUT2D eigenvalue weighted by atomic mass is 16.4. The molecule has 0 aliphatic carbocycles. The molecule has 1 unspecified atom stereocenters. The van der Waals surface area contributed by atoms with Gasteiger partial charge in [-0.15, -0.1) is 0 Å². The Morgan fingerprint density at radius 1 is 1.16 bits per heavy atom. The average Bonchev–Trinajstić information content (AvgIpc) is 2.24. The summed E-state index contributed by atoms with van der Waals surface area (Å²) in [6.07, 6.45) is 0.721. The second-order valence-corrected chi connectivity index (χ2v) is 4.73. The summed E-state index contributed by atoms with van der Waals surface area (Å²) in [5.41, 5.74) is 0. The molecule has 0 spiro atoms. The van der Waals surface area contributed by atoms with Crippen LogP contribution >= 0.6 is 0 Å². The highest BCUT2D eigenvalue weighted by Gasteiger charge is 2.19. The lowest BCUT2D eigenvalue weighted by atomic mass is 10.2. The van der Waals surface area contributed by atoms with E-state index in [0.29, 0.717) is 0 Å². The van der Waals surface area contributed by atoms with Gasteiger partial charge in [-0.25, -0.2) is 4.79 Å². The van der Waals surface area contributed by atoms with Crippen molar-refractivity contribution >= 4 is 17.9 Å². The number of carbonyl (C=O) groups is 3. The lowest BCUT2D eigenvalue weighted by Gasteiger charge is -2.25. The fourth-order valence-electron chi connectivity index (χ4n) is 1.45. The minimum Gasteiger partial charge on any atom is -0.480 e. The van der Waals surface area contributed by atoms with Gasteiger partial charge in [-0.3, -0.25) is 19.8 Å². The number of hydrogen-bond donors (Lipinski definition) is 3. The van der Waals surface area contributed by atoms with Crippen LogP contribution < -0.4 is 10.6 Å². The van der Waals surface area contributed by atoms with E-state index < -0.39 is 17.9 Å². The number of rotatable bonds is 7. The number of hydrogen-bond acceptors (Lipinski definition) is 4. The fraction of sp³-hybridized carbons (Fsp3) is 0.750. The lowest BCUT2D eigenvalue weighted by Crippen LogP contribution is -2.48. The lowest BCUT2D eigenvalue weighted by molar-refractivity contribution is -0.139. The monoisotopic (exact) mass is 273 g/mol. The molecule has 19 heavy (non-hydrogen) atoms. The molecular weight excluding hydrogens is 250 g/mol. The molecule has 0 aromatic heterocycles. The van der Waals surface area contributed by atoms with Crippen molar-refractivity contribution in [2.45, 2.75) is 46.2 Å². The zero-order valence-electron chi connectivity index (χ0n) is 11.9. The third kappa shape index (κ3) is 8.15. The molecule has 0 bridgehead atoms. The third-order valence-electron chi connectivity index (χ3n) is 2.57. The summed E-state index contributed by atoms with van der Waals surface area (Å²) in [5, 5.41) is 13.5. The van der Waals surface area contributed by atoms with Crippen LogP contribution in [0.1, 0.15) is 34.1 Å². The summed E-state index contributed by atoms with van der Waals surface area (Å²) in [5.74, 6) is -1.51. The van der Waals surface area contributed by atoms with E-state index in [4.69, 9.17) is 5.11 Å². The van der Waals surface area contributed by atoms with Crippen molar-refractivity contribution in [1.82, 2.24) is 15.5 Å². The van der Waals surface area contributed by atoms with Crippen molar-refractivity contribution in [3.63, 3.8) is 0 Å². The largest absolute Gasteiger partial charge is 0.480 e. The number of nitrogens with zero attached hydrogens (tertiary/aromatic N) is 1. The summed E-state index contributed by atoms with van der Waals surface area (Å²) in [6, 6.07) is -0.688. The molecule has 3 N–H and O–H groups in total. The molecule has 7 heteroatoms. The number of carbonyl (C=O) groups excluding carboxylic acids is 2. The molecule has 0 aromatic rings. The Hall–Kier alpha value is -1.63. The number of aliphatic carboxylic acids is 1. The molecule has 7 nitrogen and oxygen atoms in total. The SMILES string of the molecule is CCC(C)N(CC(=O)O)CC(=O)NC(=O)NC(C)C. The normalized spacial score (nSPS) is 12.3. The summed E-state index contributed by atoms with van der Waals surface area (Å²) >= 11 is 0. The van der Waals surface area contributed by atoms with E-state index in [9.17, 15) is 14.4 Å². The first-order valence-electron chi connectivity index (χ1n) is 6.32. The van der Waals surface area contributed by atoms with Crippen molar-refractivity contribution in [3.05, 3.63) is 0 Å². The average molecular weight is 273 g/mol. The van der Waals surface area contributed by atoms with Gasteiger partial charge in [-0.1, -0.05) is 6.92 Å². The van der Waals surface area contributed by atoms with Crippen molar-refractivity contribution in [3.8, 4) is 0 Å². The topological polar surface area (TPSA) is 98.7 Å².